The maximum Gasteiger partial charge on any atom is 0.218 e. The third-order valence-electron chi connectivity index (χ3n) is 3.95. The lowest BCUT2D eigenvalue weighted by Gasteiger charge is -2.37. The fraction of sp³-hybridized carbons (Fsp3) is 0.733. The quantitative estimate of drug-likeness (QED) is 0.781. The zero-order valence-corrected chi connectivity index (χ0v) is 13.1. The van der Waals surface area contributed by atoms with Gasteiger partial charge in [-0.1, -0.05) is 0 Å². The van der Waals surface area contributed by atoms with Crippen LogP contribution in [0.5, 0.6) is 5.88 Å². The van der Waals surface area contributed by atoms with Crippen molar-refractivity contribution in [2.45, 2.75) is 13.0 Å². The number of hydrogen-bond donors (Lipinski definition) is 0. The van der Waals surface area contributed by atoms with Crippen molar-refractivity contribution in [3.63, 3.8) is 0 Å². The molecule has 1 unspecified atom stereocenters. The molecular weight excluding hydrogens is 284 g/mol. The van der Waals surface area contributed by atoms with E-state index in [2.05, 4.69) is 19.8 Å². The molecule has 1 atom stereocenters. The summed E-state index contributed by atoms with van der Waals surface area (Å²) in [4.78, 5) is 13.2. The van der Waals surface area contributed by atoms with Crippen molar-refractivity contribution in [1.29, 1.82) is 0 Å². The highest BCUT2D eigenvalue weighted by atomic mass is 16.5. The van der Waals surface area contributed by atoms with E-state index in [9.17, 15) is 0 Å². The molecule has 7 nitrogen and oxygen atoms in total. The molecule has 0 N–H and O–H groups in total. The molecule has 3 rings (SSSR count). The van der Waals surface area contributed by atoms with Gasteiger partial charge in [0.1, 0.15) is 12.1 Å². The first-order chi connectivity index (χ1) is 10.8. The highest BCUT2D eigenvalue weighted by molar-refractivity contribution is 5.41. The van der Waals surface area contributed by atoms with Crippen molar-refractivity contribution in [2.75, 3.05) is 64.1 Å². The van der Waals surface area contributed by atoms with Gasteiger partial charge in [0.25, 0.3) is 0 Å². The van der Waals surface area contributed by atoms with Gasteiger partial charge in [-0.3, -0.25) is 4.90 Å². The van der Waals surface area contributed by atoms with Crippen LogP contribution in [0.4, 0.5) is 5.82 Å². The van der Waals surface area contributed by atoms with Gasteiger partial charge in [-0.05, 0) is 6.92 Å². The van der Waals surface area contributed by atoms with Crippen molar-refractivity contribution in [1.82, 2.24) is 14.9 Å². The minimum Gasteiger partial charge on any atom is -0.478 e. The predicted molar refractivity (Wildman–Crippen MR) is 82.4 cm³/mol. The molecule has 2 fully saturated rings. The molecule has 0 amide bonds. The van der Waals surface area contributed by atoms with Crippen molar-refractivity contribution < 1.29 is 14.2 Å². The summed E-state index contributed by atoms with van der Waals surface area (Å²) in [6, 6.07) is 1.90. The molecule has 1 aromatic heterocycles. The van der Waals surface area contributed by atoms with Crippen LogP contribution in [0.3, 0.4) is 0 Å². The third-order valence-corrected chi connectivity index (χ3v) is 3.95. The summed E-state index contributed by atoms with van der Waals surface area (Å²) in [5.74, 6) is 1.54. The van der Waals surface area contributed by atoms with Gasteiger partial charge in [-0.2, -0.15) is 0 Å². The third kappa shape index (κ3) is 4.06. The van der Waals surface area contributed by atoms with Crippen LogP contribution in [0, 0.1) is 0 Å². The van der Waals surface area contributed by atoms with Crippen molar-refractivity contribution in [3.05, 3.63) is 12.4 Å². The normalized spacial score (nSPS) is 23.5. The summed E-state index contributed by atoms with van der Waals surface area (Å²) in [5.41, 5.74) is 0. The Morgan fingerprint density at radius 1 is 1.23 bits per heavy atom. The Bertz CT molecular complexity index is 468. The molecule has 2 aliphatic rings. The minimum absolute atomic E-state index is 0.206. The molecule has 0 aromatic carbocycles. The Labute approximate surface area is 131 Å². The summed E-state index contributed by atoms with van der Waals surface area (Å²) in [6.45, 7) is 9.55. The summed E-state index contributed by atoms with van der Waals surface area (Å²) in [7, 11) is 0. The molecule has 0 radical (unpaired) electrons. The monoisotopic (exact) mass is 308 g/mol. The van der Waals surface area contributed by atoms with Gasteiger partial charge < -0.3 is 19.1 Å². The van der Waals surface area contributed by atoms with E-state index in [1.165, 1.54) is 0 Å². The maximum absolute atomic E-state index is 5.91. The second-order valence-electron chi connectivity index (χ2n) is 5.50. The van der Waals surface area contributed by atoms with Gasteiger partial charge in [0.15, 0.2) is 0 Å². The van der Waals surface area contributed by atoms with Gasteiger partial charge in [-0.15, -0.1) is 0 Å². The standard InChI is InChI=1S/C15H24N4O3/c1-2-21-15-9-14(16-12-17-15)19-5-8-22-13(11-19)10-18-3-6-20-7-4-18/h9,12-13H,2-8,10-11H2,1H3. The van der Waals surface area contributed by atoms with Crippen molar-refractivity contribution in [3.8, 4) is 5.88 Å². The molecule has 22 heavy (non-hydrogen) atoms. The topological polar surface area (TPSA) is 60.0 Å². The largest absolute Gasteiger partial charge is 0.478 e. The lowest BCUT2D eigenvalue weighted by molar-refractivity contribution is -0.0172. The van der Waals surface area contributed by atoms with Gasteiger partial charge in [0, 0.05) is 38.8 Å². The van der Waals surface area contributed by atoms with Gasteiger partial charge in [0.05, 0.1) is 32.5 Å². The summed E-state index contributed by atoms with van der Waals surface area (Å²) in [5, 5.41) is 0. The second-order valence-corrected chi connectivity index (χ2v) is 5.50. The lowest BCUT2D eigenvalue weighted by atomic mass is 10.2. The zero-order chi connectivity index (χ0) is 15.2. The van der Waals surface area contributed by atoms with E-state index in [1.54, 1.807) is 6.33 Å². The Balaban J connectivity index is 1.58. The van der Waals surface area contributed by atoms with E-state index in [0.29, 0.717) is 12.5 Å². The molecule has 2 saturated heterocycles. The summed E-state index contributed by atoms with van der Waals surface area (Å²) >= 11 is 0. The first-order valence-corrected chi connectivity index (χ1v) is 7.96. The first-order valence-electron chi connectivity index (χ1n) is 7.96. The summed E-state index contributed by atoms with van der Waals surface area (Å²) in [6.07, 6.45) is 1.77. The van der Waals surface area contributed by atoms with Crippen LogP contribution < -0.4 is 9.64 Å². The van der Waals surface area contributed by atoms with Crippen LogP contribution in [0.15, 0.2) is 12.4 Å². The predicted octanol–water partition coefficient (Wildman–Crippen LogP) is 0.413. The van der Waals surface area contributed by atoms with Gasteiger partial charge in [0.2, 0.25) is 5.88 Å². The second kappa shape index (κ2) is 7.71. The molecule has 1 aromatic rings. The molecule has 2 aliphatic heterocycles. The van der Waals surface area contributed by atoms with E-state index in [0.717, 1.165) is 58.4 Å². The Kier molecular flexibility index (Phi) is 5.42. The average molecular weight is 308 g/mol. The molecule has 7 heteroatoms. The molecule has 0 saturated carbocycles. The van der Waals surface area contributed by atoms with E-state index >= 15 is 0 Å². The first kappa shape index (κ1) is 15.5. The SMILES string of the molecule is CCOc1cc(N2CCOC(CN3CCOCC3)C2)ncn1. The maximum atomic E-state index is 5.91. The smallest absolute Gasteiger partial charge is 0.218 e. The number of anilines is 1. The van der Waals surface area contributed by atoms with Gasteiger partial charge >= 0.3 is 0 Å². The number of nitrogens with zero attached hydrogens (tertiary/aromatic N) is 4. The molecular formula is C15H24N4O3. The van der Waals surface area contributed by atoms with Crippen LogP contribution in [0.25, 0.3) is 0 Å². The molecule has 0 bridgehead atoms. The fourth-order valence-electron chi connectivity index (χ4n) is 2.84. The van der Waals surface area contributed by atoms with E-state index in [-0.39, 0.29) is 6.10 Å². The van der Waals surface area contributed by atoms with E-state index < -0.39 is 0 Å². The number of aromatic nitrogens is 2. The fourth-order valence-corrected chi connectivity index (χ4v) is 2.84. The van der Waals surface area contributed by atoms with E-state index in [1.807, 2.05) is 13.0 Å². The number of rotatable bonds is 5. The highest BCUT2D eigenvalue weighted by Gasteiger charge is 2.24. The Morgan fingerprint density at radius 3 is 2.91 bits per heavy atom. The molecule has 3 heterocycles. The molecule has 0 spiro atoms. The molecule has 122 valence electrons. The van der Waals surface area contributed by atoms with Crippen LogP contribution >= 0.6 is 0 Å². The Hall–Kier alpha value is -1.44. The Morgan fingerprint density at radius 2 is 2.09 bits per heavy atom. The number of ether oxygens (including phenoxy) is 3. The average Bonchev–Trinajstić information content (AvgIpc) is 2.57. The van der Waals surface area contributed by atoms with Crippen LogP contribution in [0.2, 0.25) is 0 Å². The van der Waals surface area contributed by atoms with Crippen molar-refractivity contribution >= 4 is 5.82 Å². The van der Waals surface area contributed by atoms with Crippen LogP contribution in [-0.4, -0.2) is 80.1 Å². The lowest BCUT2D eigenvalue weighted by Crippen LogP contribution is -2.50. The van der Waals surface area contributed by atoms with E-state index in [4.69, 9.17) is 14.2 Å². The summed E-state index contributed by atoms with van der Waals surface area (Å²) < 4.78 is 16.8. The van der Waals surface area contributed by atoms with Gasteiger partial charge in [-0.25, -0.2) is 9.97 Å². The highest BCUT2D eigenvalue weighted by Crippen LogP contribution is 2.19. The van der Waals surface area contributed by atoms with Crippen LogP contribution in [-0.2, 0) is 9.47 Å². The minimum atomic E-state index is 0.206. The number of morpholine rings is 2. The zero-order valence-electron chi connectivity index (χ0n) is 13.1. The van der Waals surface area contributed by atoms with Crippen LogP contribution in [0.1, 0.15) is 6.92 Å². The number of hydrogen-bond acceptors (Lipinski definition) is 7. The van der Waals surface area contributed by atoms with Crippen molar-refractivity contribution in [2.24, 2.45) is 0 Å². The molecule has 0 aliphatic carbocycles.